The molecule has 0 radical (unpaired) electrons. The van der Waals surface area contributed by atoms with E-state index in [4.69, 9.17) is 14.5 Å². The van der Waals surface area contributed by atoms with Crippen molar-refractivity contribution in [1.29, 1.82) is 0 Å². The summed E-state index contributed by atoms with van der Waals surface area (Å²) < 4.78 is 37.4. The third-order valence-corrected chi connectivity index (χ3v) is 8.53. The van der Waals surface area contributed by atoms with Crippen LogP contribution in [0, 0.1) is 13.8 Å². The molecule has 1 unspecified atom stereocenters. The summed E-state index contributed by atoms with van der Waals surface area (Å²) in [6.07, 6.45) is 0.466. The maximum Gasteiger partial charge on any atom is 0.256 e. The number of hydrogen-bond donors (Lipinski definition) is 1. The largest absolute Gasteiger partial charge is 0.486 e. The first kappa shape index (κ1) is 23.5. The molecule has 4 aromatic rings. The number of sulfone groups is 1. The van der Waals surface area contributed by atoms with Gasteiger partial charge in [0.1, 0.15) is 13.2 Å². The van der Waals surface area contributed by atoms with E-state index in [9.17, 15) is 13.2 Å². The van der Waals surface area contributed by atoms with E-state index in [1.807, 2.05) is 38.1 Å². The van der Waals surface area contributed by atoms with Crippen LogP contribution in [0.4, 0.5) is 5.69 Å². The molecule has 0 aliphatic carbocycles. The minimum absolute atomic E-state index is 0.0123. The molecule has 2 aliphatic heterocycles. The Kier molecular flexibility index (Phi) is 5.63. The van der Waals surface area contributed by atoms with Crippen molar-refractivity contribution in [3.05, 3.63) is 65.4 Å². The SMILES string of the molecule is Cc1ccc(-c2cc(C(=O)Nc3ccc4c(c3)OCCO4)c3c(C)nn(C4CCS(=O)(=O)C4)c3n2)cc1. The minimum atomic E-state index is -3.13. The van der Waals surface area contributed by atoms with Crippen molar-refractivity contribution in [2.24, 2.45) is 0 Å². The van der Waals surface area contributed by atoms with Crippen LogP contribution in [0.1, 0.15) is 34.1 Å². The second-order valence-corrected chi connectivity index (χ2v) is 11.7. The lowest BCUT2D eigenvalue weighted by Gasteiger charge is -2.19. The fourth-order valence-corrected chi connectivity index (χ4v) is 6.60. The smallest absolute Gasteiger partial charge is 0.256 e. The Bertz CT molecular complexity index is 1640. The number of aromatic nitrogens is 3. The molecule has 2 aliphatic rings. The molecular formula is C27H26N4O5S. The second kappa shape index (κ2) is 8.88. The first-order valence-electron chi connectivity index (χ1n) is 12.2. The Balaban J connectivity index is 1.46. The Hall–Kier alpha value is -3.92. The molecule has 0 bridgehead atoms. The van der Waals surface area contributed by atoms with Gasteiger partial charge in [-0.15, -0.1) is 0 Å². The number of fused-ring (bicyclic) bond motifs is 2. The molecular weight excluding hydrogens is 492 g/mol. The standard InChI is InChI=1S/C27H26N4O5S/c1-16-3-5-18(6-4-16)22-14-21(27(32)28-19-7-8-23-24(13-19)36-11-10-35-23)25-17(2)30-31(26(25)29-22)20-9-12-37(33,34)15-20/h3-8,13-14,20H,9-12,15H2,1-2H3,(H,28,32). The van der Waals surface area contributed by atoms with Gasteiger partial charge in [-0.25, -0.2) is 18.1 Å². The lowest BCUT2D eigenvalue weighted by atomic mass is 10.0. The van der Waals surface area contributed by atoms with Crippen LogP contribution < -0.4 is 14.8 Å². The van der Waals surface area contributed by atoms with Gasteiger partial charge in [0.2, 0.25) is 0 Å². The van der Waals surface area contributed by atoms with Crippen molar-refractivity contribution in [1.82, 2.24) is 14.8 Å². The molecule has 0 saturated carbocycles. The van der Waals surface area contributed by atoms with Gasteiger partial charge < -0.3 is 14.8 Å². The number of hydrogen-bond acceptors (Lipinski definition) is 7. The number of aryl methyl sites for hydroxylation is 2. The number of amides is 1. The van der Waals surface area contributed by atoms with E-state index in [1.54, 1.807) is 28.9 Å². The number of pyridine rings is 1. The van der Waals surface area contributed by atoms with Crippen molar-refractivity contribution in [2.45, 2.75) is 26.3 Å². The van der Waals surface area contributed by atoms with Gasteiger partial charge >= 0.3 is 0 Å². The predicted octanol–water partition coefficient (Wildman–Crippen LogP) is 4.10. The number of anilines is 1. The molecule has 1 amide bonds. The van der Waals surface area contributed by atoms with Crippen LogP contribution in [0.2, 0.25) is 0 Å². The highest BCUT2D eigenvalue weighted by Crippen LogP contribution is 2.35. The number of ether oxygens (including phenoxy) is 2. The maximum absolute atomic E-state index is 13.7. The first-order valence-corrected chi connectivity index (χ1v) is 14.0. The summed E-state index contributed by atoms with van der Waals surface area (Å²) in [6, 6.07) is 14.6. The number of nitrogens with one attached hydrogen (secondary N) is 1. The highest BCUT2D eigenvalue weighted by molar-refractivity contribution is 7.91. The number of carbonyl (C=O) groups excluding carboxylic acids is 1. The van der Waals surface area contributed by atoms with Crippen molar-refractivity contribution >= 4 is 32.5 Å². The topological polar surface area (TPSA) is 112 Å². The average molecular weight is 519 g/mol. The van der Waals surface area contributed by atoms with Crippen LogP contribution in [0.15, 0.2) is 48.5 Å². The van der Waals surface area contributed by atoms with E-state index in [1.165, 1.54) is 0 Å². The Morgan fingerprint density at radius 2 is 1.78 bits per heavy atom. The third-order valence-electron chi connectivity index (χ3n) is 6.78. The predicted molar refractivity (Wildman–Crippen MR) is 140 cm³/mol. The Morgan fingerprint density at radius 3 is 2.51 bits per heavy atom. The van der Waals surface area contributed by atoms with Crippen LogP contribution in [0.25, 0.3) is 22.3 Å². The third kappa shape index (κ3) is 4.42. The lowest BCUT2D eigenvalue weighted by molar-refractivity contribution is 0.102. The van der Waals surface area contributed by atoms with Gasteiger partial charge in [-0.05, 0) is 38.5 Å². The summed E-state index contributed by atoms with van der Waals surface area (Å²) in [6.45, 7) is 4.76. The maximum atomic E-state index is 13.7. The van der Waals surface area contributed by atoms with Crippen molar-refractivity contribution in [3.8, 4) is 22.8 Å². The number of rotatable bonds is 4. The molecule has 190 valence electrons. The van der Waals surface area contributed by atoms with E-state index in [0.717, 1.165) is 11.1 Å². The minimum Gasteiger partial charge on any atom is -0.486 e. The van der Waals surface area contributed by atoms with Crippen molar-refractivity contribution in [3.63, 3.8) is 0 Å². The normalized spacial score (nSPS) is 18.2. The molecule has 37 heavy (non-hydrogen) atoms. The molecule has 1 atom stereocenters. The summed E-state index contributed by atoms with van der Waals surface area (Å²) in [7, 11) is -3.13. The zero-order valence-electron chi connectivity index (χ0n) is 20.5. The van der Waals surface area contributed by atoms with E-state index < -0.39 is 9.84 Å². The van der Waals surface area contributed by atoms with Crippen molar-refractivity contribution < 1.29 is 22.7 Å². The van der Waals surface area contributed by atoms with E-state index in [-0.39, 0.29) is 23.5 Å². The molecule has 9 nitrogen and oxygen atoms in total. The van der Waals surface area contributed by atoms with E-state index in [0.29, 0.717) is 64.8 Å². The molecule has 1 saturated heterocycles. The quantitative estimate of drug-likeness (QED) is 0.433. The number of benzene rings is 2. The Labute approximate surface area is 214 Å². The molecule has 4 heterocycles. The van der Waals surface area contributed by atoms with Crippen LogP contribution in [-0.4, -0.2) is 53.8 Å². The van der Waals surface area contributed by atoms with E-state index in [2.05, 4.69) is 10.4 Å². The summed E-state index contributed by atoms with van der Waals surface area (Å²) in [5.74, 6) is 1.03. The molecule has 6 rings (SSSR count). The monoisotopic (exact) mass is 518 g/mol. The van der Waals surface area contributed by atoms with E-state index >= 15 is 0 Å². The molecule has 0 spiro atoms. The average Bonchev–Trinajstić information content (AvgIpc) is 3.42. The van der Waals surface area contributed by atoms with Crippen molar-refractivity contribution in [2.75, 3.05) is 30.0 Å². The second-order valence-electron chi connectivity index (χ2n) is 9.52. The molecule has 1 fully saturated rings. The van der Waals surface area contributed by atoms with Gasteiger partial charge in [-0.2, -0.15) is 5.10 Å². The van der Waals surface area contributed by atoms with Gasteiger partial charge in [0.25, 0.3) is 5.91 Å². The van der Waals surface area contributed by atoms with Crippen LogP contribution in [-0.2, 0) is 9.84 Å². The molecule has 1 N–H and O–H groups in total. The van der Waals surface area contributed by atoms with Crippen LogP contribution in [0.5, 0.6) is 11.5 Å². The zero-order chi connectivity index (χ0) is 25.7. The highest BCUT2D eigenvalue weighted by atomic mass is 32.2. The van der Waals surface area contributed by atoms with Gasteiger partial charge in [-0.1, -0.05) is 29.8 Å². The summed E-state index contributed by atoms with van der Waals surface area (Å²) in [4.78, 5) is 18.6. The van der Waals surface area contributed by atoms with Gasteiger partial charge in [0, 0.05) is 17.3 Å². The van der Waals surface area contributed by atoms with Gasteiger partial charge in [0.05, 0.1) is 39.9 Å². The summed E-state index contributed by atoms with van der Waals surface area (Å²) in [5.41, 5.74) is 4.69. The fraction of sp³-hybridized carbons (Fsp3) is 0.296. The number of nitrogens with zero attached hydrogens (tertiary/aromatic N) is 3. The molecule has 2 aromatic heterocycles. The van der Waals surface area contributed by atoms with Gasteiger partial charge in [0.15, 0.2) is 27.0 Å². The number of carbonyl (C=O) groups is 1. The highest BCUT2D eigenvalue weighted by Gasteiger charge is 2.32. The first-order chi connectivity index (χ1) is 17.8. The molecule has 10 heteroatoms. The molecule has 2 aromatic carbocycles. The fourth-order valence-electron chi connectivity index (χ4n) is 4.91. The zero-order valence-corrected chi connectivity index (χ0v) is 21.3. The lowest BCUT2D eigenvalue weighted by Crippen LogP contribution is -2.17. The van der Waals surface area contributed by atoms with Gasteiger partial charge in [-0.3, -0.25) is 4.79 Å². The summed E-state index contributed by atoms with van der Waals surface area (Å²) >= 11 is 0. The summed E-state index contributed by atoms with van der Waals surface area (Å²) in [5, 5.41) is 8.25. The van der Waals surface area contributed by atoms with Crippen LogP contribution in [0.3, 0.4) is 0 Å². The van der Waals surface area contributed by atoms with Crippen LogP contribution >= 0.6 is 0 Å². The Morgan fingerprint density at radius 1 is 1.03 bits per heavy atom.